The molecule has 1 saturated carbocycles. The van der Waals surface area contributed by atoms with Crippen LogP contribution in [0.1, 0.15) is 51.0 Å². The molecular weight excluding hydrogens is 314 g/mol. The molecule has 0 spiro atoms. The maximum Gasteiger partial charge on any atom is 0.191 e. The summed E-state index contributed by atoms with van der Waals surface area (Å²) in [7, 11) is 0. The SMILES string of the molecule is CCNC(=NCCCOC1CCCCC1)NCCc1cccc(O)c1. The summed E-state index contributed by atoms with van der Waals surface area (Å²) in [5.41, 5.74) is 1.12. The van der Waals surface area contributed by atoms with Gasteiger partial charge in [-0.05, 0) is 50.3 Å². The van der Waals surface area contributed by atoms with Crippen LogP contribution >= 0.6 is 0 Å². The number of aromatic hydroxyl groups is 1. The predicted octanol–water partition coefficient (Wildman–Crippen LogP) is 3.23. The van der Waals surface area contributed by atoms with Gasteiger partial charge in [0.05, 0.1) is 6.10 Å². The molecule has 1 aromatic rings. The van der Waals surface area contributed by atoms with E-state index in [1.54, 1.807) is 12.1 Å². The number of hydrogen-bond acceptors (Lipinski definition) is 3. The number of hydrogen-bond donors (Lipinski definition) is 3. The van der Waals surface area contributed by atoms with Gasteiger partial charge in [0.1, 0.15) is 5.75 Å². The first-order valence-corrected chi connectivity index (χ1v) is 9.69. The fourth-order valence-electron chi connectivity index (χ4n) is 3.12. The standard InChI is InChI=1S/C20H33N3O2/c1-2-21-20(23-14-12-17-8-6-9-18(24)16-17)22-13-7-15-25-19-10-4-3-5-11-19/h6,8-9,16,19,24H,2-5,7,10-15H2,1H3,(H2,21,22,23). The molecule has 0 aliphatic heterocycles. The Hall–Kier alpha value is -1.75. The molecule has 0 atom stereocenters. The van der Waals surface area contributed by atoms with Crippen molar-refractivity contribution < 1.29 is 9.84 Å². The van der Waals surface area contributed by atoms with E-state index in [2.05, 4.69) is 22.5 Å². The second-order valence-electron chi connectivity index (χ2n) is 6.59. The summed E-state index contributed by atoms with van der Waals surface area (Å²) in [6, 6.07) is 7.39. The fraction of sp³-hybridized carbons (Fsp3) is 0.650. The summed E-state index contributed by atoms with van der Waals surface area (Å²) in [5, 5.41) is 16.1. The van der Waals surface area contributed by atoms with Gasteiger partial charge in [-0.15, -0.1) is 0 Å². The van der Waals surface area contributed by atoms with Gasteiger partial charge in [0.15, 0.2) is 5.96 Å². The lowest BCUT2D eigenvalue weighted by atomic mass is 9.98. The fourth-order valence-corrected chi connectivity index (χ4v) is 3.12. The van der Waals surface area contributed by atoms with E-state index in [-0.39, 0.29) is 0 Å². The van der Waals surface area contributed by atoms with E-state index < -0.39 is 0 Å². The molecule has 5 nitrogen and oxygen atoms in total. The third-order valence-electron chi connectivity index (χ3n) is 4.44. The second kappa shape index (κ2) is 11.7. The third kappa shape index (κ3) is 8.25. The quantitative estimate of drug-likeness (QED) is 0.364. The molecule has 1 fully saturated rings. The predicted molar refractivity (Wildman–Crippen MR) is 103 cm³/mol. The van der Waals surface area contributed by atoms with Crippen LogP contribution in [0, 0.1) is 0 Å². The highest BCUT2D eigenvalue weighted by atomic mass is 16.5. The summed E-state index contributed by atoms with van der Waals surface area (Å²) in [4.78, 5) is 4.61. The maximum atomic E-state index is 9.50. The molecule has 0 aromatic heterocycles. The van der Waals surface area contributed by atoms with Crippen molar-refractivity contribution in [3.05, 3.63) is 29.8 Å². The Kier molecular flexibility index (Phi) is 9.19. The van der Waals surface area contributed by atoms with Crippen molar-refractivity contribution >= 4 is 5.96 Å². The topological polar surface area (TPSA) is 65.9 Å². The number of aliphatic imine (C=N–C) groups is 1. The maximum absolute atomic E-state index is 9.50. The van der Waals surface area contributed by atoms with E-state index in [1.807, 2.05) is 12.1 Å². The Morgan fingerprint density at radius 2 is 2.08 bits per heavy atom. The van der Waals surface area contributed by atoms with Gasteiger partial charge in [-0.3, -0.25) is 4.99 Å². The molecule has 0 amide bonds. The number of benzene rings is 1. The number of nitrogens with zero attached hydrogens (tertiary/aromatic N) is 1. The second-order valence-corrected chi connectivity index (χ2v) is 6.59. The third-order valence-corrected chi connectivity index (χ3v) is 4.44. The van der Waals surface area contributed by atoms with Gasteiger partial charge >= 0.3 is 0 Å². The molecule has 0 unspecified atom stereocenters. The highest BCUT2D eigenvalue weighted by Crippen LogP contribution is 2.20. The average molecular weight is 348 g/mol. The minimum absolute atomic E-state index is 0.316. The lowest BCUT2D eigenvalue weighted by Gasteiger charge is -2.21. The number of rotatable bonds is 9. The summed E-state index contributed by atoms with van der Waals surface area (Å²) >= 11 is 0. The number of phenols is 1. The molecular formula is C20H33N3O2. The van der Waals surface area contributed by atoms with Crippen LogP contribution in [-0.2, 0) is 11.2 Å². The molecule has 1 aliphatic rings. The van der Waals surface area contributed by atoms with Crippen molar-refractivity contribution in [1.29, 1.82) is 0 Å². The van der Waals surface area contributed by atoms with E-state index >= 15 is 0 Å². The molecule has 1 aromatic carbocycles. The van der Waals surface area contributed by atoms with Crippen LogP contribution in [0.4, 0.5) is 0 Å². The Balaban J connectivity index is 1.63. The zero-order valence-electron chi connectivity index (χ0n) is 15.5. The Labute approximate surface area is 151 Å². The molecule has 2 rings (SSSR count). The van der Waals surface area contributed by atoms with Crippen molar-refractivity contribution in [3.8, 4) is 5.75 Å². The molecule has 25 heavy (non-hydrogen) atoms. The average Bonchev–Trinajstić information content (AvgIpc) is 2.62. The Morgan fingerprint density at radius 1 is 1.24 bits per heavy atom. The first-order valence-electron chi connectivity index (χ1n) is 9.69. The molecule has 140 valence electrons. The van der Waals surface area contributed by atoms with Crippen molar-refractivity contribution in [3.63, 3.8) is 0 Å². The summed E-state index contributed by atoms with van der Waals surface area (Å²) in [6.45, 7) is 5.27. The lowest BCUT2D eigenvalue weighted by molar-refractivity contribution is 0.0281. The summed E-state index contributed by atoms with van der Waals surface area (Å²) in [6.07, 6.45) is 8.73. The summed E-state index contributed by atoms with van der Waals surface area (Å²) < 4.78 is 5.94. The van der Waals surface area contributed by atoms with Gasteiger partial charge in [0.25, 0.3) is 0 Å². The number of ether oxygens (including phenoxy) is 1. The Morgan fingerprint density at radius 3 is 2.84 bits per heavy atom. The highest BCUT2D eigenvalue weighted by molar-refractivity contribution is 5.79. The van der Waals surface area contributed by atoms with E-state index in [9.17, 15) is 5.11 Å². The van der Waals surface area contributed by atoms with Crippen LogP contribution < -0.4 is 10.6 Å². The zero-order valence-corrected chi connectivity index (χ0v) is 15.5. The molecule has 5 heteroatoms. The van der Waals surface area contributed by atoms with Crippen LogP contribution in [0.5, 0.6) is 5.75 Å². The van der Waals surface area contributed by atoms with Crippen molar-refractivity contribution in [1.82, 2.24) is 10.6 Å². The molecule has 0 saturated heterocycles. The van der Waals surface area contributed by atoms with Gasteiger partial charge in [0, 0.05) is 26.2 Å². The van der Waals surface area contributed by atoms with Crippen molar-refractivity contribution in [2.45, 2.75) is 58.0 Å². The monoisotopic (exact) mass is 347 g/mol. The van der Waals surface area contributed by atoms with Crippen molar-refractivity contribution in [2.24, 2.45) is 4.99 Å². The van der Waals surface area contributed by atoms with Crippen LogP contribution in [0.25, 0.3) is 0 Å². The van der Waals surface area contributed by atoms with Gasteiger partial charge in [-0.2, -0.15) is 0 Å². The number of phenolic OH excluding ortho intramolecular Hbond substituents is 1. The normalized spacial score (nSPS) is 16.0. The first kappa shape index (κ1) is 19.6. The van der Waals surface area contributed by atoms with Crippen molar-refractivity contribution in [2.75, 3.05) is 26.2 Å². The van der Waals surface area contributed by atoms with E-state index in [0.717, 1.165) is 50.6 Å². The van der Waals surface area contributed by atoms with Crippen LogP contribution in [-0.4, -0.2) is 43.4 Å². The number of guanidine groups is 1. The summed E-state index contributed by atoms with van der Waals surface area (Å²) in [5.74, 6) is 1.16. The lowest BCUT2D eigenvalue weighted by Crippen LogP contribution is -2.38. The van der Waals surface area contributed by atoms with E-state index in [1.165, 1.54) is 32.1 Å². The van der Waals surface area contributed by atoms with Gasteiger partial charge in [-0.1, -0.05) is 31.4 Å². The van der Waals surface area contributed by atoms with Crippen LogP contribution in [0.2, 0.25) is 0 Å². The smallest absolute Gasteiger partial charge is 0.191 e. The molecule has 0 heterocycles. The van der Waals surface area contributed by atoms with Gasteiger partial charge in [0.2, 0.25) is 0 Å². The van der Waals surface area contributed by atoms with Crippen LogP contribution in [0.15, 0.2) is 29.3 Å². The molecule has 0 bridgehead atoms. The molecule has 0 radical (unpaired) electrons. The van der Waals surface area contributed by atoms with Gasteiger partial charge in [-0.25, -0.2) is 0 Å². The zero-order chi connectivity index (χ0) is 17.7. The highest BCUT2D eigenvalue weighted by Gasteiger charge is 2.12. The minimum Gasteiger partial charge on any atom is -0.508 e. The molecule has 3 N–H and O–H groups in total. The van der Waals surface area contributed by atoms with Gasteiger partial charge < -0.3 is 20.5 Å². The largest absolute Gasteiger partial charge is 0.508 e. The molecule has 1 aliphatic carbocycles. The number of nitrogens with one attached hydrogen (secondary N) is 2. The first-order chi connectivity index (χ1) is 12.3. The van der Waals surface area contributed by atoms with Crippen LogP contribution in [0.3, 0.4) is 0 Å². The van der Waals surface area contributed by atoms with E-state index in [0.29, 0.717) is 11.9 Å². The Bertz CT molecular complexity index is 513. The minimum atomic E-state index is 0.316. The van der Waals surface area contributed by atoms with E-state index in [4.69, 9.17) is 4.74 Å².